The largest absolute Gasteiger partial charge is 0.460 e. The Balaban J connectivity index is 1.61. The quantitative estimate of drug-likeness (QED) is 0.589. The summed E-state index contributed by atoms with van der Waals surface area (Å²) in [4.78, 5) is 12.7. The van der Waals surface area contributed by atoms with E-state index in [0.29, 0.717) is 5.76 Å². The van der Waals surface area contributed by atoms with Crippen molar-refractivity contribution in [2.75, 3.05) is 0 Å². The van der Waals surface area contributed by atoms with Gasteiger partial charge in [0.1, 0.15) is 11.5 Å². The van der Waals surface area contributed by atoms with E-state index in [1.807, 2.05) is 55.5 Å². The van der Waals surface area contributed by atoms with Gasteiger partial charge < -0.3 is 4.42 Å². The van der Waals surface area contributed by atoms with Crippen molar-refractivity contribution in [2.24, 2.45) is 5.10 Å². The molecule has 0 unspecified atom stereocenters. The summed E-state index contributed by atoms with van der Waals surface area (Å²) in [6.45, 7) is 1.86. The Morgan fingerprint density at radius 3 is 2.21 bits per heavy atom. The molecule has 4 heteroatoms. The van der Waals surface area contributed by atoms with Crippen molar-refractivity contribution in [2.45, 2.75) is 12.8 Å². The molecule has 1 aromatic heterocycles. The molecule has 0 spiro atoms. The SMILES string of the molecule is Cc1ccc(/C=N\NC(=O)C2c3ccccc3-c3ccccc32)o1. The van der Waals surface area contributed by atoms with Crippen LogP contribution < -0.4 is 5.43 Å². The molecule has 4 rings (SSSR count). The van der Waals surface area contributed by atoms with Crippen LogP contribution in [0, 0.1) is 6.92 Å². The fraction of sp³-hybridized carbons (Fsp3) is 0.100. The van der Waals surface area contributed by atoms with E-state index in [0.717, 1.165) is 28.0 Å². The van der Waals surface area contributed by atoms with Crippen LogP contribution in [0.2, 0.25) is 0 Å². The molecule has 0 saturated carbocycles. The lowest BCUT2D eigenvalue weighted by molar-refractivity contribution is -0.121. The normalized spacial score (nSPS) is 13.0. The second-order valence-electron chi connectivity index (χ2n) is 5.79. The number of hydrogen-bond acceptors (Lipinski definition) is 3. The number of hydrogen-bond donors (Lipinski definition) is 1. The van der Waals surface area contributed by atoms with Crippen molar-refractivity contribution < 1.29 is 9.21 Å². The topological polar surface area (TPSA) is 54.6 Å². The fourth-order valence-electron chi connectivity index (χ4n) is 3.18. The molecule has 1 aliphatic rings. The van der Waals surface area contributed by atoms with E-state index in [1.165, 1.54) is 6.21 Å². The third-order valence-corrected chi connectivity index (χ3v) is 4.22. The summed E-state index contributed by atoms with van der Waals surface area (Å²) in [7, 11) is 0. The highest BCUT2D eigenvalue weighted by atomic mass is 16.3. The van der Waals surface area contributed by atoms with Crippen molar-refractivity contribution in [3.63, 3.8) is 0 Å². The first-order chi connectivity index (χ1) is 11.7. The van der Waals surface area contributed by atoms with Gasteiger partial charge in [0, 0.05) is 0 Å². The van der Waals surface area contributed by atoms with E-state index in [-0.39, 0.29) is 11.8 Å². The van der Waals surface area contributed by atoms with Crippen LogP contribution in [-0.4, -0.2) is 12.1 Å². The minimum atomic E-state index is -0.340. The van der Waals surface area contributed by atoms with Gasteiger partial charge in [-0.3, -0.25) is 4.79 Å². The molecular formula is C20H16N2O2. The van der Waals surface area contributed by atoms with Gasteiger partial charge in [-0.05, 0) is 41.3 Å². The van der Waals surface area contributed by atoms with Gasteiger partial charge in [-0.2, -0.15) is 5.10 Å². The van der Waals surface area contributed by atoms with Crippen LogP contribution in [0.15, 0.2) is 70.2 Å². The lowest BCUT2D eigenvalue weighted by Gasteiger charge is -2.11. The molecule has 24 heavy (non-hydrogen) atoms. The maximum absolute atomic E-state index is 12.7. The number of aryl methyl sites for hydroxylation is 1. The number of amides is 1. The molecule has 0 bridgehead atoms. The Bertz CT molecular complexity index is 895. The highest BCUT2D eigenvalue weighted by molar-refractivity contribution is 5.96. The molecule has 118 valence electrons. The maximum atomic E-state index is 12.7. The highest BCUT2D eigenvalue weighted by Crippen LogP contribution is 2.44. The predicted octanol–water partition coefficient (Wildman–Crippen LogP) is 3.85. The summed E-state index contributed by atoms with van der Waals surface area (Å²) in [6, 6.07) is 19.7. The van der Waals surface area contributed by atoms with Crippen molar-refractivity contribution in [3.05, 3.63) is 83.3 Å². The molecule has 0 aliphatic heterocycles. The van der Waals surface area contributed by atoms with Crippen LogP contribution in [-0.2, 0) is 4.79 Å². The summed E-state index contributed by atoms with van der Waals surface area (Å²) in [5.74, 6) is 0.932. The predicted molar refractivity (Wildman–Crippen MR) is 92.9 cm³/mol. The average Bonchev–Trinajstić information content (AvgIpc) is 3.16. The number of fused-ring (bicyclic) bond motifs is 3. The van der Waals surface area contributed by atoms with E-state index in [4.69, 9.17) is 4.42 Å². The third-order valence-electron chi connectivity index (χ3n) is 4.22. The average molecular weight is 316 g/mol. The molecule has 4 nitrogen and oxygen atoms in total. The zero-order chi connectivity index (χ0) is 16.5. The molecule has 0 saturated heterocycles. The zero-order valence-corrected chi connectivity index (χ0v) is 13.2. The number of carbonyl (C=O) groups excluding carboxylic acids is 1. The minimum absolute atomic E-state index is 0.146. The monoisotopic (exact) mass is 316 g/mol. The van der Waals surface area contributed by atoms with E-state index < -0.39 is 0 Å². The number of furan rings is 1. The maximum Gasteiger partial charge on any atom is 0.252 e. The molecular weight excluding hydrogens is 300 g/mol. The van der Waals surface area contributed by atoms with Crippen LogP contribution in [0.4, 0.5) is 0 Å². The molecule has 1 N–H and O–H groups in total. The van der Waals surface area contributed by atoms with Gasteiger partial charge in [-0.1, -0.05) is 48.5 Å². The Morgan fingerprint density at radius 2 is 1.62 bits per heavy atom. The van der Waals surface area contributed by atoms with E-state index in [1.54, 1.807) is 0 Å². The van der Waals surface area contributed by atoms with Gasteiger partial charge in [-0.25, -0.2) is 5.43 Å². The number of hydrazone groups is 1. The second-order valence-corrected chi connectivity index (χ2v) is 5.79. The molecule has 1 heterocycles. The van der Waals surface area contributed by atoms with Gasteiger partial charge >= 0.3 is 0 Å². The smallest absolute Gasteiger partial charge is 0.252 e. The first-order valence-corrected chi connectivity index (χ1v) is 7.81. The summed E-state index contributed by atoms with van der Waals surface area (Å²) in [5.41, 5.74) is 6.88. The van der Waals surface area contributed by atoms with Crippen LogP contribution >= 0.6 is 0 Å². The summed E-state index contributed by atoms with van der Waals surface area (Å²) < 4.78 is 5.40. The highest BCUT2D eigenvalue weighted by Gasteiger charge is 2.33. The second kappa shape index (κ2) is 5.81. The Morgan fingerprint density at radius 1 is 1.00 bits per heavy atom. The standard InChI is InChI=1S/C20H16N2O2/c1-13-10-11-14(24-13)12-21-22-20(23)19-17-8-4-2-6-15(17)16-7-3-5-9-18(16)19/h2-12,19H,1H3,(H,22,23)/b21-12-. The molecule has 0 radical (unpaired) electrons. The van der Waals surface area contributed by atoms with Crippen LogP contribution in [0.25, 0.3) is 11.1 Å². The number of rotatable bonds is 3. The van der Waals surface area contributed by atoms with Gasteiger partial charge in [0.2, 0.25) is 0 Å². The van der Waals surface area contributed by atoms with Gasteiger partial charge in [-0.15, -0.1) is 0 Å². The van der Waals surface area contributed by atoms with Crippen LogP contribution in [0.1, 0.15) is 28.6 Å². The summed E-state index contributed by atoms with van der Waals surface area (Å²) >= 11 is 0. The van der Waals surface area contributed by atoms with Crippen LogP contribution in [0.3, 0.4) is 0 Å². The van der Waals surface area contributed by atoms with Gasteiger partial charge in [0.15, 0.2) is 0 Å². The van der Waals surface area contributed by atoms with Crippen molar-refractivity contribution in [1.82, 2.24) is 5.43 Å². The Hall–Kier alpha value is -3.14. The molecule has 3 aromatic rings. The molecule has 0 fully saturated rings. The van der Waals surface area contributed by atoms with Crippen molar-refractivity contribution in [1.29, 1.82) is 0 Å². The number of nitrogens with zero attached hydrogens (tertiary/aromatic N) is 1. The van der Waals surface area contributed by atoms with Crippen molar-refractivity contribution in [3.8, 4) is 11.1 Å². The summed E-state index contributed by atoms with van der Waals surface area (Å²) in [5, 5.41) is 4.03. The van der Waals surface area contributed by atoms with E-state index >= 15 is 0 Å². The summed E-state index contributed by atoms with van der Waals surface area (Å²) in [6.07, 6.45) is 1.51. The zero-order valence-electron chi connectivity index (χ0n) is 13.2. The first kappa shape index (κ1) is 14.5. The fourth-order valence-corrected chi connectivity index (χ4v) is 3.18. The van der Waals surface area contributed by atoms with Gasteiger partial charge in [0.05, 0.1) is 12.1 Å². The molecule has 0 atom stereocenters. The lowest BCUT2D eigenvalue weighted by atomic mass is 9.96. The van der Waals surface area contributed by atoms with E-state index in [2.05, 4.69) is 22.7 Å². The van der Waals surface area contributed by atoms with E-state index in [9.17, 15) is 4.79 Å². The molecule has 1 amide bonds. The van der Waals surface area contributed by atoms with Gasteiger partial charge in [0.25, 0.3) is 5.91 Å². The van der Waals surface area contributed by atoms with Crippen molar-refractivity contribution >= 4 is 12.1 Å². The number of carbonyl (C=O) groups is 1. The molecule has 1 aliphatic carbocycles. The van der Waals surface area contributed by atoms with Crippen LogP contribution in [0.5, 0.6) is 0 Å². The Kier molecular flexibility index (Phi) is 3.50. The number of benzene rings is 2. The minimum Gasteiger partial charge on any atom is -0.460 e. The lowest BCUT2D eigenvalue weighted by Crippen LogP contribution is -2.24. The Labute approximate surface area is 139 Å². The molecule has 2 aromatic carbocycles. The first-order valence-electron chi connectivity index (χ1n) is 7.81. The third kappa shape index (κ3) is 2.42. The number of nitrogens with one attached hydrogen (secondary N) is 1.